The molecule has 2 rings (SSSR count). The summed E-state index contributed by atoms with van der Waals surface area (Å²) in [4.78, 5) is 15.7. The number of nitrogens with one attached hydrogen (secondary N) is 1. The molecule has 4 nitrogen and oxygen atoms in total. The Labute approximate surface area is 122 Å². The Bertz CT molecular complexity index is 360. The number of hydrogen-bond acceptors (Lipinski definition) is 3. The van der Waals surface area contributed by atoms with E-state index in [0.29, 0.717) is 0 Å². The van der Waals surface area contributed by atoms with Crippen LogP contribution in [0.3, 0.4) is 0 Å². The number of hydrogen-bond donors (Lipinski definition) is 1. The van der Waals surface area contributed by atoms with E-state index < -0.39 is 5.41 Å². The number of carbonyl (C=O) groups is 1. The molecule has 1 saturated carbocycles. The third kappa shape index (κ3) is 1.74. The van der Waals surface area contributed by atoms with E-state index in [1.807, 2.05) is 13.8 Å². The molecule has 0 aromatic heterocycles. The first-order valence-electron chi connectivity index (χ1n) is 5.11. The fraction of sp³-hybridized carbons (Fsp3) is 0.700. The molecule has 1 aliphatic carbocycles. The van der Waals surface area contributed by atoms with Gasteiger partial charge in [-0.1, -0.05) is 13.8 Å². The van der Waals surface area contributed by atoms with Gasteiger partial charge in [0.05, 0.1) is 5.41 Å². The monoisotopic (exact) mass is 248 g/mol. The summed E-state index contributed by atoms with van der Waals surface area (Å²) in [5, 5.41) is 14.5. The number of amides is 1. The van der Waals surface area contributed by atoms with E-state index in [1.165, 1.54) is 0 Å². The molecule has 0 radical (unpaired) electrons. The van der Waals surface area contributed by atoms with Gasteiger partial charge in [-0.15, -0.1) is 0 Å². The predicted molar refractivity (Wildman–Crippen MR) is 58.2 cm³/mol. The summed E-state index contributed by atoms with van der Waals surface area (Å²) in [5.74, 6) is -0.516. The molecule has 1 fully saturated rings. The molecular weight excluding hydrogens is 235 g/mol. The zero-order chi connectivity index (χ0) is 11.2. The summed E-state index contributed by atoms with van der Waals surface area (Å²) >= 11 is 4.74. The fourth-order valence-electron chi connectivity index (χ4n) is 2.82. The average Bonchev–Trinajstić information content (AvgIpc) is 2.41. The van der Waals surface area contributed by atoms with Crippen molar-refractivity contribution < 1.29 is 39.5 Å². The molecular formula is C10H13N2NaO2S. The van der Waals surface area contributed by atoms with E-state index in [-0.39, 0.29) is 58.3 Å². The minimum Gasteiger partial charge on any atom is -0.861 e. The van der Waals surface area contributed by atoms with Gasteiger partial charge in [0, 0.05) is 0 Å². The number of aliphatic imine (C=N–C) groups is 1. The van der Waals surface area contributed by atoms with E-state index in [0.717, 1.165) is 12.8 Å². The van der Waals surface area contributed by atoms with E-state index in [1.54, 1.807) is 0 Å². The van der Waals surface area contributed by atoms with E-state index in [4.69, 9.17) is 12.2 Å². The summed E-state index contributed by atoms with van der Waals surface area (Å²) in [6.07, 6.45) is 1.78. The van der Waals surface area contributed by atoms with Gasteiger partial charge >= 0.3 is 29.6 Å². The Morgan fingerprint density at radius 1 is 1.44 bits per heavy atom. The van der Waals surface area contributed by atoms with Gasteiger partial charge in [0.15, 0.2) is 5.11 Å². The first-order chi connectivity index (χ1) is 6.99. The molecule has 0 aromatic carbocycles. The van der Waals surface area contributed by atoms with Gasteiger partial charge in [-0.3, -0.25) is 4.79 Å². The molecule has 16 heavy (non-hydrogen) atoms. The molecule has 1 amide bonds. The minimum absolute atomic E-state index is 0. The topological polar surface area (TPSA) is 64.5 Å². The van der Waals surface area contributed by atoms with Crippen LogP contribution in [-0.4, -0.2) is 16.9 Å². The van der Waals surface area contributed by atoms with Gasteiger partial charge in [-0.25, -0.2) is 4.99 Å². The number of nitrogens with zero attached hydrogens (tertiary/aromatic N) is 1. The molecule has 2 unspecified atom stereocenters. The van der Waals surface area contributed by atoms with Crippen LogP contribution in [0.2, 0.25) is 0 Å². The summed E-state index contributed by atoms with van der Waals surface area (Å²) in [6.45, 7) is 3.87. The zero-order valence-electron chi connectivity index (χ0n) is 9.74. The number of rotatable bonds is 0. The van der Waals surface area contributed by atoms with Crippen molar-refractivity contribution in [3.8, 4) is 0 Å². The van der Waals surface area contributed by atoms with Crippen LogP contribution in [-0.2, 0) is 4.79 Å². The Hall–Kier alpha value is 0.0300. The van der Waals surface area contributed by atoms with Crippen LogP contribution in [0.5, 0.6) is 0 Å². The third-order valence-corrected chi connectivity index (χ3v) is 3.93. The first kappa shape index (κ1) is 14.1. The Balaban J connectivity index is 0.00000128. The Morgan fingerprint density at radius 3 is 2.38 bits per heavy atom. The second-order valence-electron chi connectivity index (χ2n) is 4.42. The van der Waals surface area contributed by atoms with E-state index in [2.05, 4.69) is 10.3 Å². The SMILES string of the molecule is CC1CCC(C)C12C(=O)NC(=S)N=C2[O-].[Na+]. The van der Waals surface area contributed by atoms with Gasteiger partial charge in [-0.05, 0) is 42.8 Å². The quantitative estimate of drug-likeness (QED) is 0.372. The second-order valence-corrected chi connectivity index (χ2v) is 4.81. The first-order valence-corrected chi connectivity index (χ1v) is 5.52. The van der Waals surface area contributed by atoms with Crippen LogP contribution in [0.25, 0.3) is 0 Å². The molecule has 0 bridgehead atoms. The third-order valence-electron chi connectivity index (χ3n) is 3.74. The maximum atomic E-state index is 12.0. The summed E-state index contributed by atoms with van der Waals surface area (Å²) in [5.41, 5.74) is -0.956. The van der Waals surface area contributed by atoms with Crippen molar-refractivity contribution in [3.63, 3.8) is 0 Å². The van der Waals surface area contributed by atoms with Crippen LogP contribution in [0, 0.1) is 17.3 Å². The molecule has 1 N–H and O–H groups in total. The normalized spacial score (nSPS) is 38.0. The maximum Gasteiger partial charge on any atom is 1.00 e. The van der Waals surface area contributed by atoms with Crippen molar-refractivity contribution in [2.75, 3.05) is 0 Å². The van der Waals surface area contributed by atoms with Gasteiger partial charge in [0.1, 0.15) is 0 Å². The summed E-state index contributed by atoms with van der Waals surface area (Å²) in [7, 11) is 0. The second kappa shape index (κ2) is 4.72. The van der Waals surface area contributed by atoms with Crippen LogP contribution >= 0.6 is 12.2 Å². The van der Waals surface area contributed by atoms with Crippen LogP contribution in [0.15, 0.2) is 4.99 Å². The van der Waals surface area contributed by atoms with Crippen molar-refractivity contribution in [1.29, 1.82) is 0 Å². The molecule has 0 aromatic rings. The smallest absolute Gasteiger partial charge is 0.861 e. The predicted octanol–water partition coefficient (Wildman–Crippen LogP) is -2.78. The fourth-order valence-corrected chi connectivity index (χ4v) is 3.00. The molecule has 82 valence electrons. The average molecular weight is 248 g/mol. The Morgan fingerprint density at radius 2 is 1.94 bits per heavy atom. The summed E-state index contributed by atoms with van der Waals surface area (Å²) in [6, 6.07) is 0. The van der Waals surface area contributed by atoms with Crippen LogP contribution in [0.4, 0.5) is 0 Å². The molecule has 6 heteroatoms. The molecule has 1 spiro atoms. The van der Waals surface area contributed by atoms with Gasteiger partial charge in [0.2, 0.25) is 5.91 Å². The number of thiocarbonyl (C=S) groups is 1. The van der Waals surface area contributed by atoms with Crippen LogP contribution < -0.4 is 40.0 Å². The largest absolute Gasteiger partial charge is 1.00 e. The minimum atomic E-state index is -0.956. The van der Waals surface area contributed by atoms with E-state index in [9.17, 15) is 9.90 Å². The molecule has 1 heterocycles. The number of carbonyl (C=O) groups excluding carboxylic acids is 1. The summed E-state index contributed by atoms with van der Waals surface area (Å²) < 4.78 is 0. The van der Waals surface area contributed by atoms with Crippen LogP contribution in [0.1, 0.15) is 26.7 Å². The van der Waals surface area contributed by atoms with Crippen molar-refractivity contribution in [2.45, 2.75) is 26.7 Å². The van der Waals surface area contributed by atoms with Gasteiger partial charge in [-0.2, -0.15) is 0 Å². The maximum absolute atomic E-state index is 12.0. The molecule has 2 aliphatic rings. The van der Waals surface area contributed by atoms with Crippen molar-refractivity contribution >= 4 is 29.1 Å². The molecule has 0 saturated heterocycles. The standard InChI is InChI=1S/C10H14N2O2S.Na/c1-5-3-4-6(2)10(5)7(13)11-9(15)12-8(10)14;/h5-6H,3-4H2,1-2H3,(H2,11,12,13,14,15);/q;+1/p-1. The zero-order valence-corrected chi connectivity index (χ0v) is 12.6. The van der Waals surface area contributed by atoms with Crippen molar-refractivity contribution in [3.05, 3.63) is 0 Å². The molecule has 2 atom stereocenters. The van der Waals surface area contributed by atoms with Gasteiger partial charge in [0.25, 0.3) is 0 Å². The Kier molecular flexibility index (Phi) is 4.16. The van der Waals surface area contributed by atoms with Crippen molar-refractivity contribution in [1.82, 2.24) is 5.32 Å². The van der Waals surface area contributed by atoms with Gasteiger partial charge < -0.3 is 10.4 Å². The molecule has 1 aliphatic heterocycles. The van der Waals surface area contributed by atoms with E-state index >= 15 is 0 Å². The van der Waals surface area contributed by atoms with Crippen molar-refractivity contribution in [2.24, 2.45) is 22.2 Å².